The lowest BCUT2D eigenvalue weighted by Gasteiger charge is -2.34. The van der Waals surface area contributed by atoms with Gasteiger partial charge in [0.05, 0.1) is 11.9 Å². The number of halogens is 2. The van der Waals surface area contributed by atoms with Gasteiger partial charge in [-0.05, 0) is 57.0 Å². The van der Waals surface area contributed by atoms with Gasteiger partial charge in [0.25, 0.3) is 0 Å². The van der Waals surface area contributed by atoms with E-state index in [1.54, 1.807) is 48.5 Å². The van der Waals surface area contributed by atoms with E-state index in [1.165, 1.54) is 4.90 Å². The van der Waals surface area contributed by atoms with Gasteiger partial charge in [-0.2, -0.15) is 0 Å². The Kier molecular flexibility index (Phi) is 9.56. The number of nitrogens with one attached hydrogen (secondary N) is 1. The van der Waals surface area contributed by atoms with E-state index in [-0.39, 0.29) is 12.5 Å². The van der Waals surface area contributed by atoms with E-state index in [0.717, 1.165) is 10.6 Å². The Bertz CT molecular complexity index is 1140. The second-order valence-corrected chi connectivity index (χ2v) is 12.3. The van der Waals surface area contributed by atoms with Crippen molar-refractivity contribution in [1.82, 2.24) is 10.2 Å². The van der Waals surface area contributed by atoms with Crippen molar-refractivity contribution in [2.75, 3.05) is 17.1 Å². The molecule has 0 bridgehead atoms. The summed E-state index contributed by atoms with van der Waals surface area (Å²) in [7, 11) is -3.79. The maximum atomic E-state index is 13.6. The van der Waals surface area contributed by atoms with Gasteiger partial charge < -0.3 is 10.2 Å². The smallest absolute Gasteiger partial charge is 0.244 e. The van der Waals surface area contributed by atoms with Crippen molar-refractivity contribution in [3.8, 4) is 0 Å². The van der Waals surface area contributed by atoms with Gasteiger partial charge in [-0.1, -0.05) is 58.7 Å². The first-order valence-corrected chi connectivity index (χ1v) is 13.8. The Morgan fingerprint density at radius 3 is 2.29 bits per heavy atom. The van der Waals surface area contributed by atoms with Crippen LogP contribution in [0.3, 0.4) is 0 Å². The Morgan fingerprint density at radius 2 is 1.76 bits per heavy atom. The minimum absolute atomic E-state index is 0.0602. The molecule has 0 saturated carbocycles. The average molecular weight is 573 g/mol. The molecule has 34 heavy (non-hydrogen) atoms. The predicted molar refractivity (Wildman–Crippen MR) is 140 cm³/mol. The van der Waals surface area contributed by atoms with Crippen LogP contribution in [-0.2, 0) is 26.2 Å². The molecule has 0 saturated heterocycles. The van der Waals surface area contributed by atoms with Crippen LogP contribution in [0.25, 0.3) is 0 Å². The molecule has 0 heterocycles. The number of carbonyl (C=O) groups is 2. The number of hydrogen-bond acceptors (Lipinski definition) is 4. The first-order chi connectivity index (χ1) is 15.7. The molecule has 1 N–H and O–H groups in total. The van der Waals surface area contributed by atoms with Gasteiger partial charge >= 0.3 is 0 Å². The molecule has 1 atom stereocenters. The van der Waals surface area contributed by atoms with Crippen LogP contribution in [0.2, 0.25) is 5.02 Å². The fourth-order valence-electron chi connectivity index (χ4n) is 3.43. The predicted octanol–water partition coefficient (Wildman–Crippen LogP) is 4.59. The summed E-state index contributed by atoms with van der Waals surface area (Å²) in [5.41, 5.74) is 0.502. The molecular weight excluding hydrogens is 542 g/mol. The molecule has 2 aromatic carbocycles. The van der Waals surface area contributed by atoms with E-state index < -0.39 is 34.1 Å². The maximum absolute atomic E-state index is 13.6. The fourth-order valence-corrected chi connectivity index (χ4v) is 4.85. The zero-order valence-electron chi connectivity index (χ0n) is 20.0. The summed E-state index contributed by atoms with van der Waals surface area (Å²) < 4.78 is 26.9. The molecule has 2 rings (SSSR count). The standard InChI is InChI=1S/C24H31BrClN3O4S/c1-6-21(23(31)27-24(2,3)4)28(15-17-10-7-8-13-20(17)26)22(30)16-29(34(5,32)33)19-12-9-11-18(25)14-19/h7-14,21H,6,15-16H2,1-5H3,(H,27,31). The average Bonchev–Trinajstić information content (AvgIpc) is 2.70. The molecule has 2 aromatic rings. The molecule has 1 unspecified atom stereocenters. The number of carbonyl (C=O) groups excluding carboxylic acids is 2. The summed E-state index contributed by atoms with van der Waals surface area (Å²) in [6, 6.07) is 12.9. The highest BCUT2D eigenvalue weighted by molar-refractivity contribution is 9.10. The van der Waals surface area contributed by atoms with Gasteiger partial charge in [0.1, 0.15) is 12.6 Å². The quantitative estimate of drug-likeness (QED) is 0.476. The molecule has 0 aliphatic heterocycles. The zero-order valence-corrected chi connectivity index (χ0v) is 23.2. The minimum Gasteiger partial charge on any atom is -0.350 e. The topological polar surface area (TPSA) is 86.8 Å². The SMILES string of the molecule is CCC(C(=O)NC(C)(C)C)N(Cc1ccccc1Cl)C(=O)CN(c1cccc(Br)c1)S(C)(=O)=O. The second-order valence-electron chi connectivity index (χ2n) is 9.03. The number of hydrogen-bond donors (Lipinski definition) is 1. The van der Waals surface area contributed by atoms with Crippen molar-refractivity contribution in [2.24, 2.45) is 0 Å². The van der Waals surface area contributed by atoms with E-state index in [9.17, 15) is 18.0 Å². The van der Waals surface area contributed by atoms with Crippen molar-refractivity contribution in [3.63, 3.8) is 0 Å². The Balaban J connectivity index is 2.48. The molecule has 10 heteroatoms. The molecule has 0 radical (unpaired) electrons. The second kappa shape index (κ2) is 11.6. The Hall–Kier alpha value is -2.10. The molecule has 0 aliphatic rings. The molecule has 0 fully saturated rings. The van der Waals surface area contributed by atoms with Gasteiger partial charge in [-0.3, -0.25) is 13.9 Å². The van der Waals surface area contributed by atoms with Crippen molar-refractivity contribution in [3.05, 3.63) is 63.6 Å². The monoisotopic (exact) mass is 571 g/mol. The molecular formula is C24H31BrClN3O4S. The van der Waals surface area contributed by atoms with Crippen LogP contribution in [-0.4, -0.2) is 49.5 Å². The van der Waals surface area contributed by atoms with Crippen LogP contribution in [0.4, 0.5) is 5.69 Å². The van der Waals surface area contributed by atoms with Crippen molar-refractivity contribution in [1.29, 1.82) is 0 Å². The Labute approximate surface area is 215 Å². The van der Waals surface area contributed by atoms with E-state index >= 15 is 0 Å². The van der Waals surface area contributed by atoms with Crippen LogP contribution in [0.1, 0.15) is 39.7 Å². The van der Waals surface area contributed by atoms with Gasteiger partial charge in [-0.25, -0.2) is 8.42 Å². The summed E-state index contributed by atoms with van der Waals surface area (Å²) in [4.78, 5) is 28.2. The fraction of sp³-hybridized carbons (Fsp3) is 0.417. The number of anilines is 1. The summed E-state index contributed by atoms with van der Waals surface area (Å²) in [5, 5.41) is 3.38. The third-order valence-corrected chi connectivity index (χ3v) is 6.96. The molecule has 0 aliphatic carbocycles. The zero-order chi connectivity index (χ0) is 25.7. The van der Waals surface area contributed by atoms with Crippen LogP contribution in [0.15, 0.2) is 53.0 Å². The highest BCUT2D eigenvalue weighted by atomic mass is 79.9. The third-order valence-electron chi connectivity index (χ3n) is 4.96. The number of nitrogens with zero attached hydrogens (tertiary/aromatic N) is 2. The van der Waals surface area contributed by atoms with Crippen LogP contribution in [0, 0.1) is 0 Å². The highest BCUT2D eigenvalue weighted by Crippen LogP contribution is 2.24. The van der Waals surface area contributed by atoms with Gasteiger partial charge in [0.15, 0.2) is 0 Å². The van der Waals surface area contributed by atoms with E-state index in [0.29, 0.717) is 27.2 Å². The van der Waals surface area contributed by atoms with E-state index in [2.05, 4.69) is 21.2 Å². The number of sulfonamides is 1. The van der Waals surface area contributed by atoms with Crippen molar-refractivity contribution >= 4 is 55.1 Å². The lowest BCUT2D eigenvalue weighted by Crippen LogP contribution is -2.55. The first-order valence-electron chi connectivity index (χ1n) is 10.8. The van der Waals surface area contributed by atoms with Crippen LogP contribution < -0.4 is 9.62 Å². The van der Waals surface area contributed by atoms with Crippen molar-refractivity contribution in [2.45, 2.75) is 52.2 Å². The third kappa shape index (κ3) is 7.99. The normalized spacial score (nSPS) is 12.7. The molecule has 7 nitrogen and oxygen atoms in total. The van der Waals surface area contributed by atoms with E-state index in [1.807, 2.05) is 27.7 Å². The summed E-state index contributed by atoms with van der Waals surface area (Å²) >= 11 is 9.69. The summed E-state index contributed by atoms with van der Waals surface area (Å²) in [6.45, 7) is 6.98. The highest BCUT2D eigenvalue weighted by Gasteiger charge is 2.33. The molecule has 2 amide bonds. The van der Waals surface area contributed by atoms with Crippen LogP contribution >= 0.6 is 27.5 Å². The number of benzene rings is 2. The van der Waals surface area contributed by atoms with Crippen LogP contribution in [0.5, 0.6) is 0 Å². The Morgan fingerprint density at radius 1 is 1.12 bits per heavy atom. The summed E-state index contributed by atoms with van der Waals surface area (Å²) in [5.74, 6) is -0.829. The van der Waals surface area contributed by atoms with E-state index in [4.69, 9.17) is 11.6 Å². The van der Waals surface area contributed by atoms with Gasteiger partial charge in [0.2, 0.25) is 21.8 Å². The number of rotatable bonds is 9. The minimum atomic E-state index is -3.79. The summed E-state index contributed by atoms with van der Waals surface area (Å²) in [6.07, 6.45) is 1.39. The van der Waals surface area contributed by atoms with Gasteiger partial charge in [0, 0.05) is 21.6 Å². The largest absolute Gasteiger partial charge is 0.350 e. The van der Waals surface area contributed by atoms with Crippen molar-refractivity contribution < 1.29 is 18.0 Å². The molecule has 0 aromatic heterocycles. The molecule has 186 valence electrons. The molecule has 0 spiro atoms. The first kappa shape index (κ1) is 28.1. The lowest BCUT2D eigenvalue weighted by atomic mass is 10.1. The lowest BCUT2D eigenvalue weighted by molar-refractivity contribution is -0.141. The number of amides is 2. The van der Waals surface area contributed by atoms with Gasteiger partial charge in [-0.15, -0.1) is 0 Å². The maximum Gasteiger partial charge on any atom is 0.244 e.